The third kappa shape index (κ3) is 3.05. The van der Waals surface area contributed by atoms with Crippen molar-refractivity contribution in [3.63, 3.8) is 0 Å². The molecular weight excluding hydrogens is 162 g/mol. The summed E-state index contributed by atoms with van der Waals surface area (Å²) in [6.07, 6.45) is 1.67. The van der Waals surface area contributed by atoms with Crippen LogP contribution in [0.25, 0.3) is 0 Å². The van der Waals surface area contributed by atoms with E-state index in [0.717, 1.165) is 25.7 Å². The minimum Gasteiger partial charge on any atom is -0.393 e. The summed E-state index contributed by atoms with van der Waals surface area (Å²) in [5, 5.41) is 9.46. The van der Waals surface area contributed by atoms with Crippen LogP contribution in [0.1, 0.15) is 38.5 Å². The van der Waals surface area contributed by atoms with Crippen LogP contribution in [0, 0.1) is 5.92 Å². The predicted octanol–water partition coefficient (Wildman–Crippen LogP) is 2.58. The molecule has 1 saturated carbocycles. The fourth-order valence-electron chi connectivity index (χ4n) is 1.87. The van der Waals surface area contributed by atoms with Crippen molar-refractivity contribution < 1.29 is 13.9 Å². The topological polar surface area (TPSA) is 20.2 Å². The van der Waals surface area contributed by atoms with Gasteiger partial charge in [0, 0.05) is 6.42 Å². The van der Waals surface area contributed by atoms with E-state index in [-0.39, 0.29) is 12.3 Å². The first-order chi connectivity index (χ1) is 5.70. The Morgan fingerprint density at radius 3 is 2.50 bits per heavy atom. The smallest absolute Gasteiger partial charge is 0.239 e. The zero-order chi connectivity index (χ0) is 8.97. The van der Waals surface area contributed by atoms with Crippen LogP contribution in [-0.2, 0) is 0 Å². The molecule has 0 amide bonds. The number of aliphatic hydroxyl groups excluding tert-OH is 1. The zero-order valence-electron chi connectivity index (χ0n) is 7.18. The van der Waals surface area contributed by atoms with E-state index in [1.807, 2.05) is 0 Å². The Balaban J connectivity index is 2.36. The minimum atomic E-state index is -2.26. The molecule has 0 aromatic rings. The summed E-state index contributed by atoms with van der Waals surface area (Å²) < 4.78 is 24.0. The molecule has 12 heavy (non-hydrogen) atoms. The highest BCUT2D eigenvalue weighted by Crippen LogP contribution is 2.27. The minimum absolute atomic E-state index is 0.124. The van der Waals surface area contributed by atoms with Crippen molar-refractivity contribution >= 4 is 0 Å². The van der Waals surface area contributed by atoms with Gasteiger partial charge in [0.05, 0.1) is 6.10 Å². The molecule has 0 radical (unpaired) electrons. The van der Waals surface area contributed by atoms with E-state index in [2.05, 4.69) is 0 Å². The largest absolute Gasteiger partial charge is 0.393 e. The van der Waals surface area contributed by atoms with Gasteiger partial charge in [0.2, 0.25) is 6.43 Å². The number of hydrogen-bond acceptors (Lipinski definition) is 1. The summed E-state index contributed by atoms with van der Waals surface area (Å²) in [7, 11) is 0. The third-order valence-electron chi connectivity index (χ3n) is 2.60. The molecule has 1 aliphatic carbocycles. The number of alkyl halides is 2. The summed E-state index contributed by atoms with van der Waals surface area (Å²) in [6, 6.07) is 0. The number of aliphatic hydroxyl groups is 1. The van der Waals surface area contributed by atoms with Crippen LogP contribution in [-0.4, -0.2) is 17.6 Å². The second-order valence-electron chi connectivity index (χ2n) is 3.59. The van der Waals surface area contributed by atoms with Gasteiger partial charge in [0.1, 0.15) is 0 Å². The lowest BCUT2D eigenvalue weighted by atomic mass is 9.94. The van der Waals surface area contributed by atoms with Gasteiger partial charge in [-0.2, -0.15) is 0 Å². The Morgan fingerprint density at radius 1 is 1.17 bits per heavy atom. The normalized spacial score (nSPS) is 32.0. The molecule has 0 aromatic heterocycles. The third-order valence-corrected chi connectivity index (χ3v) is 2.60. The Kier molecular flexibility index (Phi) is 3.92. The van der Waals surface area contributed by atoms with Crippen LogP contribution in [0.5, 0.6) is 0 Å². The van der Waals surface area contributed by atoms with Crippen LogP contribution in [0.4, 0.5) is 8.78 Å². The zero-order valence-corrected chi connectivity index (χ0v) is 7.18. The SMILES string of the molecule is OC1CCCCCC1CC(F)F. The molecule has 72 valence electrons. The first kappa shape index (κ1) is 9.90. The summed E-state index contributed by atoms with van der Waals surface area (Å²) >= 11 is 0. The highest BCUT2D eigenvalue weighted by Gasteiger charge is 2.24. The Bertz CT molecular complexity index is 128. The molecule has 0 bridgehead atoms. The lowest BCUT2D eigenvalue weighted by molar-refractivity contribution is 0.0439. The van der Waals surface area contributed by atoms with Crippen molar-refractivity contribution in [2.24, 2.45) is 5.92 Å². The van der Waals surface area contributed by atoms with Gasteiger partial charge in [-0.15, -0.1) is 0 Å². The highest BCUT2D eigenvalue weighted by molar-refractivity contribution is 4.73. The van der Waals surface area contributed by atoms with E-state index in [1.54, 1.807) is 0 Å². The summed E-state index contributed by atoms with van der Waals surface area (Å²) in [4.78, 5) is 0. The molecule has 0 spiro atoms. The van der Waals surface area contributed by atoms with Crippen LogP contribution in [0.2, 0.25) is 0 Å². The monoisotopic (exact) mass is 178 g/mol. The van der Waals surface area contributed by atoms with E-state index < -0.39 is 12.5 Å². The van der Waals surface area contributed by atoms with Gasteiger partial charge < -0.3 is 5.11 Å². The molecule has 0 heterocycles. The molecule has 3 heteroatoms. The molecule has 2 unspecified atom stereocenters. The first-order valence-corrected chi connectivity index (χ1v) is 4.66. The fraction of sp³-hybridized carbons (Fsp3) is 1.00. The van der Waals surface area contributed by atoms with Gasteiger partial charge in [-0.1, -0.05) is 19.3 Å². The molecule has 2 atom stereocenters. The van der Waals surface area contributed by atoms with E-state index in [4.69, 9.17) is 0 Å². The maximum Gasteiger partial charge on any atom is 0.239 e. The quantitative estimate of drug-likeness (QED) is 0.644. The predicted molar refractivity (Wildman–Crippen MR) is 43.2 cm³/mol. The molecule has 1 fully saturated rings. The highest BCUT2D eigenvalue weighted by atomic mass is 19.3. The Labute approximate surface area is 71.8 Å². The van der Waals surface area contributed by atoms with Crippen LogP contribution < -0.4 is 0 Å². The maximum atomic E-state index is 12.0. The Morgan fingerprint density at radius 2 is 1.83 bits per heavy atom. The van der Waals surface area contributed by atoms with E-state index in [0.29, 0.717) is 6.42 Å². The van der Waals surface area contributed by atoms with Crippen molar-refractivity contribution in [2.45, 2.75) is 51.1 Å². The molecular formula is C9H16F2O. The van der Waals surface area contributed by atoms with Crippen LogP contribution >= 0.6 is 0 Å². The Hall–Kier alpha value is -0.180. The van der Waals surface area contributed by atoms with Gasteiger partial charge in [-0.05, 0) is 18.8 Å². The fourth-order valence-corrected chi connectivity index (χ4v) is 1.87. The summed E-state index contributed by atoms with van der Waals surface area (Å²) in [5.74, 6) is -0.160. The average molecular weight is 178 g/mol. The van der Waals surface area contributed by atoms with E-state index in [1.165, 1.54) is 0 Å². The maximum absolute atomic E-state index is 12.0. The van der Waals surface area contributed by atoms with Crippen molar-refractivity contribution in [1.29, 1.82) is 0 Å². The lowest BCUT2D eigenvalue weighted by Crippen LogP contribution is -2.21. The molecule has 1 rings (SSSR count). The van der Waals surface area contributed by atoms with E-state index >= 15 is 0 Å². The lowest BCUT2D eigenvalue weighted by Gasteiger charge is -2.19. The van der Waals surface area contributed by atoms with Crippen LogP contribution in [0.3, 0.4) is 0 Å². The standard InChI is InChI=1S/C9H16F2O/c10-9(11)6-7-4-2-1-3-5-8(7)12/h7-9,12H,1-6H2. The second kappa shape index (κ2) is 4.75. The molecule has 0 aromatic carbocycles. The van der Waals surface area contributed by atoms with Crippen molar-refractivity contribution in [3.05, 3.63) is 0 Å². The van der Waals surface area contributed by atoms with Crippen molar-refractivity contribution in [3.8, 4) is 0 Å². The van der Waals surface area contributed by atoms with Crippen molar-refractivity contribution in [1.82, 2.24) is 0 Å². The van der Waals surface area contributed by atoms with Gasteiger partial charge >= 0.3 is 0 Å². The summed E-state index contributed by atoms with van der Waals surface area (Å²) in [5.41, 5.74) is 0. The van der Waals surface area contributed by atoms with Gasteiger partial charge in [-0.3, -0.25) is 0 Å². The number of halogens is 2. The molecule has 1 aliphatic rings. The molecule has 1 nitrogen and oxygen atoms in total. The van der Waals surface area contributed by atoms with Gasteiger partial charge in [0.25, 0.3) is 0 Å². The van der Waals surface area contributed by atoms with Crippen LogP contribution in [0.15, 0.2) is 0 Å². The second-order valence-corrected chi connectivity index (χ2v) is 3.59. The number of rotatable bonds is 2. The van der Waals surface area contributed by atoms with Crippen molar-refractivity contribution in [2.75, 3.05) is 0 Å². The summed E-state index contributed by atoms with van der Waals surface area (Å²) in [6.45, 7) is 0. The van der Waals surface area contributed by atoms with Gasteiger partial charge in [0.15, 0.2) is 0 Å². The molecule has 0 saturated heterocycles. The molecule has 0 aliphatic heterocycles. The number of hydrogen-bond donors (Lipinski definition) is 1. The van der Waals surface area contributed by atoms with E-state index in [9.17, 15) is 13.9 Å². The van der Waals surface area contributed by atoms with Gasteiger partial charge in [-0.25, -0.2) is 8.78 Å². The average Bonchev–Trinajstić information content (AvgIpc) is 2.16. The molecule has 1 N–H and O–H groups in total. The first-order valence-electron chi connectivity index (χ1n) is 4.66.